The maximum absolute atomic E-state index is 13.0. The lowest BCUT2D eigenvalue weighted by Gasteiger charge is -2.10. The molecular formula is C25H24N4O3S2. The zero-order valence-corrected chi connectivity index (χ0v) is 20.9. The number of ether oxygens (including phenoxy) is 1. The molecule has 9 heteroatoms. The number of methoxy groups -OCH3 is 1. The minimum absolute atomic E-state index is 0.0268. The van der Waals surface area contributed by atoms with E-state index in [-0.39, 0.29) is 17.5 Å². The van der Waals surface area contributed by atoms with Crippen LogP contribution in [-0.4, -0.2) is 39.4 Å². The van der Waals surface area contributed by atoms with Crippen LogP contribution >= 0.6 is 23.1 Å². The molecule has 4 aromatic rings. The quantitative estimate of drug-likeness (QED) is 0.190. The average Bonchev–Trinajstić information content (AvgIpc) is 3.40. The molecule has 0 fully saturated rings. The molecule has 0 aliphatic heterocycles. The molecule has 0 spiro atoms. The second kappa shape index (κ2) is 10.2. The van der Waals surface area contributed by atoms with Crippen molar-refractivity contribution in [3.8, 4) is 5.69 Å². The van der Waals surface area contributed by atoms with Gasteiger partial charge in [-0.05, 0) is 68.8 Å². The third-order valence-corrected chi connectivity index (χ3v) is 7.25. The van der Waals surface area contributed by atoms with Crippen LogP contribution < -0.4 is 5.32 Å². The number of esters is 1. The van der Waals surface area contributed by atoms with E-state index >= 15 is 0 Å². The summed E-state index contributed by atoms with van der Waals surface area (Å²) in [6, 6.07) is 17.1. The third-order valence-electron chi connectivity index (χ3n) is 5.28. The number of carbonyl (C=O) groups is 2. The molecule has 0 bridgehead atoms. The van der Waals surface area contributed by atoms with Crippen molar-refractivity contribution >= 4 is 45.7 Å². The number of Topliss-reactive ketones (excluding diaryl/α,β-unsaturated/α-hetero) is 1. The number of nitrogens with one attached hydrogen (secondary N) is 1. The summed E-state index contributed by atoms with van der Waals surface area (Å²) >= 11 is 2.80. The second-order valence-corrected chi connectivity index (χ2v) is 9.94. The molecule has 1 N–H and O–H groups in total. The zero-order valence-electron chi connectivity index (χ0n) is 19.3. The van der Waals surface area contributed by atoms with Crippen molar-refractivity contribution in [2.24, 2.45) is 0 Å². The SMILES string of the molecule is COC(=O)c1ccc(-n2c(C)cc(C(=O)CSc3nnc(Nc4cccc(C)c4)s3)c2C)cc1. The summed E-state index contributed by atoms with van der Waals surface area (Å²) in [5, 5.41) is 12.3. The highest BCUT2D eigenvalue weighted by atomic mass is 32.2. The van der Waals surface area contributed by atoms with E-state index in [1.165, 1.54) is 30.2 Å². The van der Waals surface area contributed by atoms with Gasteiger partial charge >= 0.3 is 5.97 Å². The summed E-state index contributed by atoms with van der Waals surface area (Å²) in [6.45, 7) is 5.92. The molecule has 0 saturated carbocycles. The normalized spacial score (nSPS) is 10.8. The standard InChI is InChI=1S/C25H24N4O3S2/c1-15-6-5-7-19(12-15)26-24-27-28-25(34-24)33-14-22(30)21-13-16(2)29(17(21)3)20-10-8-18(9-11-20)23(31)32-4/h5-13H,14H2,1-4H3,(H,26,27). The van der Waals surface area contributed by atoms with Crippen molar-refractivity contribution in [2.75, 3.05) is 18.2 Å². The molecule has 4 rings (SSSR count). The Bertz CT molecular complexity index is 1340. The first-order valence-electron chi connectivity index (χ1n) is 10.6. The number of carbonyl (C=O) groups excluding carboxylic acids is 2. The van der Waals surface area contributed by atoms with Crippen LogP contribution in [0, 0.1) is 20.8 Å². The number of nitrogens with zero attached hydrogens (tertiary/aromatic N) is 3. The van der Waals surface area contributed by atoms with Gasteiger partial charge in [0.15, 0.2) is 10.1 Å². The van der Waals surface area contributed by atoms with Crippen LogP contribution in [0.25, 0.3) is 5.69 Å². The summed E-state index contributed by atoms with van der Waals surface area (Å²) in [4.78, 5) is 24.7. The maximum Gasteiger partial charge on any atom is 0.337 e. The second-order valence-electron chi connectivity index (χ2n) is 7.74. The van der Waals surface area contributed by atoms with Crippen molar-refractivity contribution < 1.29 is 14.3 Å². The summed E-state index contributed by atoms with van der Waals surface area (Å²) in [5.74, 6) is -0.0850. The predicted octanol–water partition coefficient (Wildman–Crippen LogP) is 5.76. The van der Waals surface area contributed by atoms with E-state index in [2.05, 4.69) is 15.5 Å². The number of ketones is 1. The summed E-state index contributed by atoms with van der Waals surface area (Å²) in [6.07, 6.45) is 0. The van der Waals surface area contributed by atoms with Crippen LogP contribution in [0.1, 0.15) is 37.7 Å². The number of aromatic nitrogens is 3. The van der Waals surface area contributed by atoms with Gasteiger partial charge in [0.25, 0.3) is 0 Å². The molecular weight excluding hydrogens is 468 g/mol. The lowest BCUT2D eigenvalue weighted by atomic mass is 10.2. The van der Waals surface area contributed by atoms with E-state index in [4.69, 9.17) is 4.74 Å². The molecule has 0 unspecified atom stereocenters. The van der Waals surface area contributed by atoms with Gasteiger partial charge in [-0.2, -0.15) is 0 Å². The predicted molar refractivity (Wildman–Crippen MR) is 136 cm³/mol. The van der Waals surface area contributed by atoms with Gasteiger partial charge in [0.05, 0.1) is 18.4 Å². The van der Waals surface area contributed by atoms with Crippen LogP contribution in [-0.2, 0) is 4.74 Å². The van der Waals surface area contributed by atoms with Crippen molar-refractivity contribution in [1.82, 2.24) is 14.8 Å². The molecule has 0 aliphatic rings. The Balaban J connectivity index is 1.43. The average molecular weight is 493 g/mol. The molecule has 0 amide bonds. The zero-order chi connectivity index (χ0) is 24.2. The van der Waals surface area contributed by atoms with Crippen LogP contribution in [0.15, 0.2) is 58.9 Å². The van der Waals surface area contributed by atoms with Gasteiger partial charge in [0.2, 0.25) is 5.13 Å². The van der Waals surface area contributed by atoms with Gasteiger partial charge in [-0.15, -0.1) is 10.2 Å². The Kier molecular flexibility index (Phi) is 7.14. The Labute approximate surface area is 206 Å². The molecule has 0 radical (unpaired) electrons. The largest absolute Gasteiger partial charge is 0.465 e. The third kappa shape index (κ3) is 5.21. The first-order valence-corrected chi connectivity index (χ1v) is 12.4. The number of benzene rings is 2. The minimum Gasteiger partial charge on any atom is -0.465 e. The van der Waals surface area contributed by atoms with Gasteiger partial charge in [-0.25, -0.2) is 4.79 Å². The van der Waals surface area contributed by atoms with E-state index in [1.54, 1.807) is 12.1 Å². The summed E-state index contributed by atoms with van der Waals surface area (Å²) < 4.78 is 7.50. The highest BCUT2D eigenvalue weighted by Crippen LogP contribution is 2.29. The van der Waals surface area contributed by atoms with E-state index in [1.807, 2.05) is 67.8 Å². The maximum atomic E-state index is 13.0. The fourth-order valence-electron chi connectivity index (χ4n) is 3.68. The number of anilines is 2. The first kappa shape index (κ1) is 23.7. The topological polar surface area (TPSA) is 86.1 Å². The number of hydrogen-bond donors (Lipinski definition) is 1. The molecule has 2 aromatic heterocycles. The van der Waals surface area contributed by atoms with Crippen LogP contribution in [0.3, 0.4) is 0 Å². The Morgan fingerprint density at radius 1 is 1.06 bits per heavy atom. The smallest absolute Gasteiger partial charge is 0.337 e. The van der Waals surface area contributed by atoms with Gasteiger partial charge in [-0.3, -0.25) is 4.79 Å². The van der Waals surface area contributed by atoms with Crippen molar-refractivity contribution in [3.05, 3.63) is 82.7 Å². The molecule has 2 heterocycles. The first-order chi connectivity index (χ1) is 16.4. The van der Waals surface area contributed by atoms with Crippen LogP contribution in [0.5, 0.6) is 0 Å². The Morgan fingerprint density at radius 2 is 1.82 bits per heavy atom. The Hall–Kier alpha value is -3.43. The van der Waals surface area contributed by atoms with Crippen molar-refractivity contribution in [2.45, 2.75) is 25.1 Å². The van der Waals surface area contributed by atoms with Gasteiger partial charge < -0.3 is 14.6 Å². The van der Waals surface area contributed by atoms with Gasteiger partial charge in [-0.1, -0.05) is 35.2 Å². The number of thioether (sulfide) groups is 1. The van der Waals surface area contributed by atoms with Crippen molar-refractivity contribution in [1.29, 1.82) is 0 Å². The molecule has 34 heavy (non-hydrogen) atoms. The van der Waals surface area contributed by atoms with Gasteiger partial charge in [0.1, 0.15) is 0 Å². The molecule has 7 nitrogen and oxygen atoms in total. The highest BCUT2D eigenvalue weighted by Gasteiger charge is 2.18. The highest BCUT2D eigenvalue weighted by molar-refractivity contribution is 8.01. The van der Waals surface area contributed by atoms with E-state index < -0.39 is 0 Å². The van der Waals surface area contributed by atoms with Crippen molar-refractivity contribution in [3.63, 3.8) is 0 Å². The van der Waals surface area contributed by atoms with E-state index in [0.717, 1.165) is 32.7 Å². The number of rotatable bonds is 8. The molecule has 2 aromatic carbocycles. The van der Waals surface area contributed by atoms with E-state index in [9.17, 15) is 9.59 Å². The molecule has 0 saturated heterocycles. The summed E-state index contributed by atoms with van der Waals surface area (Å²) in [7, 11) is 1.36. The Morgan fingerprint density at radius 3 is 2.53 bits per heavy atom. The van der Waals surface area contributed by atoms with E-state index in [0.29, 0.717) is 16.3 Å². The molecule has 0 atom stereocenters. The number of hydrogen-bond acceptors (Lipinski definition) is 8. The lowest BCUT2D eigenvalue weighted by molar-refractivity contribution is 0.0600. The summed E-state index contributed by atoms with van der Waals surface area (Å²) in [5.41, 5.74) is 5.94. The number of aryl methyl sites for hydroxylation is 2. The fourth-order valence-corrected chi connectivity index (χ4v) is 5.33. The van der Waals surface area contributed by atoms with Crippen LogP contribution in [0.4, 0.5) is 10.8 Å². The molecule has 0 aliphatic carbocycles. The minimum atomic E-state index is -0.380. The lowest BCUT2D eigenvalue weighted by Crippen LogP contribution is -2.06. The molecule has 174 valence electrons. The van der Waals surface area contributed by atoms with Crippen LogP contribution in [0.2, 0.25) is 0 Å². The monoisotopic (exact) mass is 492 g/mol. The fraction of sp³-hybridized carbons (Fsp3) is 0.200. The van der Waals surface area contributed by atoms with Gasteiger partial charge in [0, 0.05) is 28.3 Å².